The average molecular weight is 448 g/mol. The van der Waals surface area contributed by atoms with E-state index < -0.39 is 14.9 Å². The number of benzene rings is 2. The van der Waals surface area contributed by atoms with E-state index >= 15 is 0 Å². The Labute approximate surface area is 181 Å². The van der Waals surface area contributed by atoms with Crippen molar-refractivity contribution < 1.29 is 22.9 Å². The summed E-state index contributed by atoms with van der Waals surface area (Å²) in [6, 6.07) is 12.5. The lowest BCUT2D eigenvalue weighted by Gasteiger charge is -2.33. The molecular weight excluding hydrogens is 422 g/mol. The Balaban J connectivity index is 1.55. The average Bonchev–Trinajstić information content (AvgIpc) is 2.77. The van der Waals surface area contributed by atoms with Gasteiger partial charge in [-0.3, -0.25) is 14.9 Å². The van der Waals surface area contributed by atoms with Gasteiger partial charge in [-0.25, -0.2) is 8.42 Å². The summed E-state index contributed by atoms with van der Waals surface area (Å²) < 4.78 is 32.4. The lowest BCUT2D eigenvalue weighted by Crippen LogP contribution is -2.51. The first-order valence-electron chi connectivity index (χ1n) is 9.93. The van der Waals surface area contributed by atoms with Crippen LogP contribution in [0.2, 0.25) is 0 Å². The van der Waals surface area contributed by atoms with E-state index in [0.717, 1.165) is 6.07 Å². The van der Waals surface area contributed by atoms with Crippen molar-refractivity contribution >= 4 is 21.6 Å². The lowest BCUT2D eigenvalue weighted by molar-refractivity contribution is -0.385. The third-order valence-corrected chi connectivity index (χ3v) is 7.06. The molecule has 2 aromatic rings. The van der Waals surface area contributed by atoms with Crippen LogP contribution in [0.4, 0.5) is 5.69 Å². The van der Waals surface area contributed by atoms with E-state index in [0.29, 0.717) is 11.7 Å². The maximum Gasteiger partial charge on any atom is 0.270 e. The minimum Gasteiger partial charge on any atom is -0.484 e. The number of carbonyl (C=O) groups excluding carboxylic acids is 1. The van der Waals surface area contributed by atoms with Gasteiger partial charge in [-0.1, -0.05) is 32.0 Å². The van der Waals surface area contributed by atoms with Crippen molar-refractivity contribution in [1.82, 2.24) is 9.21 Å². The number of non-ortho nitro benzene ring substituents is 1. The summed E-state index contributed by atoms with van der Waals surface area (Å²) in [7, 11) is -3.87. The van der Waals surface area contributed by atoms with Crippen molar-refractivity contribution in [2.75, 3.05) is 32.8 Å². The Morgan fingerprint density at radius 3 is 2.32 bits per heavy atom. The van der Waals surface area contributed by atoms with Crippen LogP contribution >= 0.6 is 0 Å². The molecule has 0 radical (unpaired) electrons. The van der Waals surface area contributed by atoms with E-state index in [1.807, 2.05) is 24.3 Å². The lowest BCUT2D eigenvalue weighted by atomic mass is 10.0. The van der Waals surface area contributed by atoms with Crippen LogP contribution in [0.25, 0.3) is 0 Å². The van der Waals surface area contributed by atoms with Crippen molar-refractivity contribution in [2.45, 2.75) is 24.7 Å². The van der Waals surface area contributed by atoms with Crippen molar-refractivity contribution in [3.8, 4) is 5.75 Å². The fraction of sp³-hybridized carbons (Fsp3) is 0.381. The molecule has 1 saturated heterocycles. The summed E-state index contributed by atoms with van der Waals surface area (Å²) in [5.41, 5.74) is 0.897. The zero-order valence-corrected chi connectivity index (χ0v) is 18.2. The van der Waals surface area contributed by atoms with Crippen LogP contribution in [-0.4, -0.2) is 61.2 Å². The number of sulfonamides is 1. The van der Waals surface area contributed by atoms with Gasteiger partial charge in [0.25, 0.3) is 11.6 Å². The molecule has 1 aliphatic rings. The van der Waals surface area contributed by atoms with Crippen molar-refractivity contribution in [3.05, 3.63) is 64.2 Å². The number of hydrogen-bond donors (Lipinski definition) is 0. The predicted molar refractivity (Wildman–Crippen MR) is 114 cm³/mol. The van der Waals surface area contributed by atoms with Gasteiger partial charge in [-0.05, 0) is 29.7 Å². The zero-order chi connectivity index (χ0) is 22.6. The van der Waals surface area contributed by atoms with Crippen molar-refractivity contribution in [2.24, 2.45) is 0 Å². The van der Waals surface area contributed by atoms with Gasteiger partial charge in [0, 0.05) is 38.3 Å². The largest absolute Gasteiger partial charge is 0.484 e. The molecule has 10 heteroatoms. The van der Waals surface area contributed by atoms with Crippen LogP contribution in [0.1, 0.15) is 25.3 Å². The Hall–Kier alpha value is -2.98. The van der Waals surface area contributed by atoms with Gasteiger partial charge >= 0.3 is 0 Å². The molecule has 0 bridgehead atoms. The molecule has 1 heterocycles. The van der Waals surface area contributed by atoms with E-state index in [1.54, 1.807) is 4.90 Å². The second-order valence-corrected chi connectivity index (χ2v) is 9.49. The number of amides is 1. The van der Waals surface area contributed by atoms with Gasteiger partial charge < -0.3 is 9.64 Å². The summed E-state index contributed by atoms with van der Waals surface area (Å²) in [5.74, 6) is 0.787. The molecule has 31 heavy (non-hydrogen) atoms. The number of ether oxygens (including phenoxy) is 1. The SMILES string of the molecule is CC(C)c1ccc(OCC(=O)N2CCN(S(=O)(=O)c3cccc([N+](=O)[O-])c3)CC2)cc1. The number of nitro groups is 1. The molecule has 0 unspecified atom stereocenters. The van der Waals surface area contributed by atoms with Gasteiger partial charge in [0.05, 0.1) is 9.82 Å². The molecule has 0 aromatic heterocycles. The molecule has 1 aliphatic heterocycles. The third-order valence-electron chi connectivity index (χ3n) is 5.17. The molecule has 0 spiro atoms. The molecule has 9 nitrogen and oxygen atoms in total. The summed E-state index contributed by atoms with van der Waals surface area (Å²) in [6.07, 6.45) is 0. The van der Waals surface area contributed by atoms with Gasteiger partial charge in [-0.2, -0.15) is 4.31 Å². The highest BCUT2D eigenvalue weighted by Crippen LogP contribution is 2.22. The molecule has 1 fully saturated rings. The summed E-state index contributed by atoms with van der Waals surface area (Å²) in [5, 5.41) is 10.9. The van der Waals surface area contributed by atoms with Gasteiger partial charge in [-0.15, -0.1) is 0 Å². The predicted octanol–water partition coefficient (Wildman–Crippen LogP) is 2.63. The van der Waals surface area contributed by atoms with Crippen LogP contribution in [-0.2, 0) is 14.8 Å². The number of rotatable bonds is 7. The molecule has 3 rings (SSSR count). The normalized spacial score (nSPS) is 15.1. The number of hydrogen-bond acceptors (Lipinski definition) is 6. The minimum atomic E-state index is -3.87. The molecule has 0 saturated carbocycles. The first-order valence-corrected chi connectivity index (χ1v) is 11.4. The second kappa shape index (κ2) is 9.44. The van der Waals surface area contributed by atoms with Crippen LogP contribution < -0.4 is 4.74 Å². The number of nitro benzene ring substituents is 1. The molecule has 0 N–H and O–H groups in total. The molecule has 2 aromatic carbocycles. The fourth-order valence-corrected chi connectivity index (χ4v) is 4.73. The van der Waals surface area contributed by atoms with Crippen LogP contribution in [0.5, 0.6) is 5.75 Å². The Morgan fingerprint density at radius 1 is 1.10 bits per heavy atom. The number of piperazine rings is 1. The first-order chi connectivity index (χ1) is 14.7. The van der Waals surface area contributed by atoms with Crippen LogP contribution in [0.3, 0.4) is 0 Å². The van der Waals surface area contributed by atoms with Crippen LogP contribution in [0.15, 0.2) is 53.4 Å². The first kappa shape index (κ1) is 22.7. The van der Waals surface area contributed by atoms with Gasteiger partial charge in [0.2, 0.25) is 10.0 Å². The topological polar surface area (TPSA) is 110 Å². The molecule has 166 valence electrons. The standard InChI is InChI=1S/C21H25N3O6S/c1-16(2)17-6-8-19(9-7-17)30-15-21(25)22-10-12-23(13-11-22)31(28,29)20-5-3-4-18(14-20)24(26)27/h3-9,14,16H,10-13,15H2,1-2H3. The number of carbonyl (C=O) groups is 1. The van der Waals surface area contributed by atoms with Crippen molar-refractivity contribution in [1.29, 1.82) is 0 Å². The summed E-state index contributed by atoms with van der Waals surface area (Å²) >= 11 is 0. The Bertz CT molecular complexity index is 1050. The Kier molecular flexibility index (Phi) is 6.91. The minimum absolute atomic E-state index is 0.111. The van der Waals surface area contributed by atoms with E-state index in [1.165, 1.54) is 28.1 Å². The van der Waals surface area contributed by atoms with E-state index in [9.17, 15) is 23.3 Å². The van der Waals surface area contributed by atoms with Crippen LogP contribution in [0, 0.1) is 10.1 Å². The maximum atomic E-state index is 12.8. The monoisotopic (exact) mass is 447 g/mol. The van der Waals surface area contributed by atoms with Gasteiger partial charge in [0.15, 0.2) is 6.61 Å². The highest BCUT2D eigenvalue weighted by atomic mass is 32.2. The highest BCUT2D eigenvalue weighted by Gasteiger charge is 2.31. The molecule has 0 aliphatic carbocycles. The fourth-order valence-electron chi connectivity index (χ4n) is 3.27. The Morgan fingerprint density at radius 2 is 1.74 bits per heavy atom. The molecule has 0 atom stereocenters. The molecule has 1 amide bonds. The quantitative estimate of drug-likeness (QED) is 0.477. The van der Waals surface area contributed by atoms with Crippen molar-refractivity contribution in [3.63, 3.8) is 0 Å². The second-order valence-electron chi connectivity index (χ2n) is 7.55. The van der Waals surface area contributed by atoms with Gasteiger partial charge in [0.1, 0.15) is 5.75 Å². The summed E-state index contributed by atoms with van der Waals surface area (Å²) in [6.45, 7) is 4.74. The van der Waals surface area contributed by atoms with E-state index in [-0.39, 0.29) is 49.3 Å². The molecular formula is C21H25N3O6S. The smallest absolute Gasteiger partial charge is 0.270 e. The number of nitrogens with zero attached hydrogens (tertiary/aromatic N) is 3. The van der Waals surface area contributed by atoms with E-state index in [4.69, 9.17) is 4.74 Å². The zero-order valence-electron chi connectivity index (χ0n) is 17.4. The van der Waals surface area contributed by atoms with E-state index in [2.05, 4.69) is 13.8 Å². The highest BCUT2D eigenvalue weighted by molar-refractivity contribution is 7.89. The summed E-state index contributed by atoms with van der Waals surface area (Å²) in [4.78, 5) is 24.2. The maximum absolute atomic E-state index is 12.8. The third kappa shape index (κ3) is 5.39.